The van der Waals surface area contributed by atoms with E-state index >= 15 is 0 Å². The van der Waals surface area contributed by atoms with Gasteiger partial charge in [0.05, 0.1) is 0 Å². The summed E-state index contributed by atoms with van der Waals surface area (Å²) in [4.78, 5) is 2.35. The molecule has 0 amide bonds. The molecule has 1 rings (SSSR count). The fourth-order valence-corrected chi connectivity index (χ4v) is 1.91. The Balaban J connectivity index is 2.50. The fraction of sp³-hybridized carbons (Fsp3) is 0.818. The normalized spacial score (nSPS) is 25.2. The third-order valence-electron chi connectivity index (χ3n) is 2.66. The second kappa shape index (κ2) is 3.12. The number of hydrogen-bond donors (Lipinski definition) is 0. The van der Waals surface area contributed by atoms with Gasteiger partial charge in [-0.1, -0.05) is 27.4 Å². The summed E-state index contributed by atoms with van der Waals surface area (Å²) >= 11 is 0. The maximum atomic E-state index is 4.04. The van der Waals surface area contributed by atoms with E-state index in [1.54, 1.807) is 0 Å². The zero-order chi connectivity index (χ0) is 9.35. The predicted octanol–water partition coefficient (Wildman–Crippen LogP) is 3.03. The Labute approximate surface area is 76.5 Å². The molecule has 0 aromatic rings. The van der Waals surface area contributed by atoms with E-state index in [0.717, 1.165) is 6.04 Å². The second-order valence-electron chi connectivity index (χ2n) is 5.13. The van der Waals surface area contributed by atoms with Gasteiger partial charge in [0.25, 0.3) is 0 Å². The first kappa shape index (κ1) is 9.63. The van der Waals surface area contributed by atoms with Crippen LogP contribution in [-0.4, -0.2) is 18.0 Å². The van der Waals surface area contributed by atoms with E-state index < -0.39 is 0 Å². The highest BCUT2D eigenvalue weighted by molar-refractivity contribution is 5.03. The molecule has 1 heterocycles. The lowest BCUT2D eigenvalue weighted by Crippen LogP contribution is -2.28. The molecular weight excluding hydrogens is 146 g/mol. The van der Waals surface area contributed by atoms with Gasteiger partial charge in [-0.25, -0.2) is 0 Å². The molecule has 0 spiro atoms. The molecule has 1 atom stereocenters. The van der Waals surface area contributed by atoms with Crippen LogP contribution >= 0.6 is 0 Å². The van der Waals surface area contributed by atoms with E-state index in [-0.39, 0.29) is 0 Å². The summed E-state index contributed by atoms with van der Waals surface area (Å²) in [5, 5.41) is 0. The van der Waals surface area contributed by atoms with Crippen molar-refractivity contribution in [3.63, 3.8) is 0 Å². The molecule has 0 aliphatic carbocycles. The summed E-state index contributed by atoms with van der Waals surface area (Å²) in [6, 6.07) is 0.734. The summed E-state index contributed by atoms with van der Waals surface area (Å²) in [6.45, 7) is 11.0. The minimum atomic E-state index is 0.448. The summed E-state index contributed by atoms with van der Waals surface area (Å²) in [6.07, 6.45) is 3.77. The molecule has 0 bridgehead atoms. The van der Waals surface area contributed by atoms with Gasteiger partial charge in [-0.05, 0) is 24.7 Å². The van der Waals surface area contributed by atoms with Crippen LogP contribution in [0, 0.1) is 5.41 Å². The van der Waals surface area contributed by atoms with Crippen molar-refractivity contribution in [2.45, 2.75) is 46.1 Å². The number of likely N-dealkylation sites (tertiary alicyclic amines) is 1. The molecule has 0 radical (unpaired) electrons. The molecule has 0 saturated carbocycles. The Morgan fingerprint density at radius 2 is 2.08 bits per heavy atom. The Bertz CT molecular complexity index is 176. The third-order valence-corrected chi connectivity index (χ3v) is 2.66. The van der Waals surface area contributed by atoms with Crippen LogP contribution < -0.4 is 0 Å². The van der Waals surface area contributed by atoms with Crippen molar-refractivity contribution in [2.24, 2.45) is 5.41 Å². The van der Waals surface area contributed by atoms with Gasteiger partial charge in [-0.2, -0.15) is 0 Å². The maximum Gasteiger partial charge on any atom is 0.0292 e. The summed E-state index contributed by atoms with van der Waals surface area (Å²) in [7, 11) is 2.17. The number of allylic oxidation sites excluding steroid dienone is 1. The zero-order valence-corrected chi connectivity index (χ0v) is 8.85. The van der Waals surface area contributed by atoms with Crippen LogP contribution in [-0.2, 0) is 0 Å². The topological polar surface area (TPSA) is 3.24 Å². The van der Waals surface area contributed by atoms with Crippen molar-refractivity contribution in [1.82, 2.24) is 4.90 Å². The first-order valence-corrected chi connectivity index (χ1v) is 4.81. The summed E-state index contributed by atoms with van der Waals surface area (Å²) in [5.41, 5.74) is 1.76. The van der Waals surface area contributed by atoms with Crippen LogP contribution in [0.2, 0.25) is 0 Å². The van der Waals surface area contributed by atoms with E-state index in [1.807, 2.05) is 0 Å². The van der Waals surface area contributed by atoms with E-state index in [4.69, 9.17) is 0 Å². The maximum absolute atomic E-state index is 4.04. The molecule has 1 unspecified atom stereocenters. The molecule has 1 saturated heterocycles. The molecular formula is C11H21N. The first-order chi connectivity index (χ1) is 5.40. The monoisotopic (exact) mass is 167 g/mol. The van der Waals surface area contributed by atoms with Gasteiger partial charge >= 0.3 is 0 Å². The van der Waals surface area contributed by atoms with Crippen molar-refractivity contribution < 1.29 is 0 Å². The van der Waals surface area contributed by atoms with Crippen LogP contribution in [0.3, 0.4) is 0 Å². The molecule has 70 valence electrons. The molecule has 0 aromatic heterocycles. The van der Waals surface area contributed by atoms with Crippen molar-refractivity contribution in [1.29, 1.82) is 0 Å². The summed E-state index contributed by atoms with van der Waals surface area (Å²) in [5.74, 6) is 0. The fourth-order valence-electron chi connectivity index (χ4n) is 1.91. The average Bonchev–Trinajstić information content (AvgIpc) is 2.16. The van der Waals surface area contributed by atoms with Gasteiger partial charge < -0.3 is 4.90 Å². The molecule has 1 nitrogen and oxygen atoms in total. The van der Waals surface area contributed by atoms with Crippen molar-refractivity contribution in [3.8, 4) is 0 Å². The van der Waals surface area contributed by atoms with E-state index in [2.05, 4.69) is 39.3 Å². The highest BCUT2D eigenvalue weighted by Gasteiger charge is 2.27. The highest BCUT2D eigenvalue weighted by Crippen LogP contribution is 2.32. The van der Waals surface area contributed by atoms with Crippen LogP contribution in [0.1, 0.15) is 40.0 Å². The van der Waals surface area contributed by atoms with Crippen LogP contribution in [0.4, 0.5) is 0 Å². The summed E-state index contributed by atoms with van der Waals surface area (Å²) < 4.78 is 0. The quantitative estimate of drug-likeness (QED) is 0.580. The van der Waals surface area contributed by atoms with Crippen LogP contribution in [0.5, 0.6) is 0 Å². The number of nitrogens with zero attached hydrogens (tertiary/aromatic N) is 1. The Morgan fingerprint density at radius 3 is 2.42 bits per heavy atom. The Hall–Kier alpha value is -0.460. The van der Waals surface area contributed by atoms with E-state index in [0.29, 0.717) is 5.41 Å². The molecule has 12 heavy (non-hydrogen) atoms. The van der Waals surface area contributed by atoms with Crippen LogP contribution in [0.25, 0.3) is 0 Å². The highest BCUT2D eigenvalue weighted by atomic mass is 15.2. The lowest BCUT2D eigenvalue weighted by atomic mass is 9.87. The molecule has 1 fully saturated rings. The zero-order valence-electron chi connectivity index (χ0n) is 8.85. The molecule has 1 heteroatoms. The van der Waals surface area contributed by atoms with Gasteiger partial charge in [0, 0.05) is 18.8 Å². The minimum absolute atomic E-state index is 0.448. The molecule has 1 aliphatic rings. The Kier molecular flexibility index (Phi) is 2.50. The SMILES string of the molecule is C=C1CCC(CC(C)(C)C)N1C. The predicted molar refractivity (Wildman–Crippen MR) is 54.0 cm³/mol. The van der Waals surface area contributed by atoms with Gasteiger partial charge in [0.2, 0.25) is 0 Å². The number of rotatable bonds is 1. The van der Waals surface area contributed by atoms with E-state index in [1.165, 1.54) is 25.0 Å². The largest absolute Gasteiger partial charge is 0.375 e. The molecule has 0 aromatic carbocycles. The van der Waals surface area contributed by atoms with Crippen LogP contribution in [0.15, 0.2) is 12.3 Å². The van der Waals surface area contributed by atoms with Crippen molar-refractivity contribution in [2.75, 3.05) is 7.05 Å². The standard InChI is InChI=1S/C11H21N/c1-9-6-7-10(12(9)5)8-11(2,3)4/h10H,1,6-8H2,2-5H3. The minimum Gasteiger partial charge on any atom is -0.375 e. The van der Waals surface area contributed by atoms with Gasteiger partial charge in [-0.3, -0.25) is 0 Å². The smallest absolute Gasteiger partial charge is 0.0292 e. The van der Waals surface area contributed by atoms with Gasteiger partial charge in [-0.15, -0.1) is 0 Å². The van der Waals surface area contributed by atoms with E-state index in [9.17, 15) is 0 Å². The molecule has 0 N–H and O–H groups in total. The van der Waals surface area contributed by atoms with Gasteiger partial charge in [0.1, 0.15) is 0 Å². The lowest BCUT2D eigenvalue weighted by molar-refractivity contribution is 0.243. The first-order valence-electron chi connectivity index (χ1n) is 4.81. The second-order valence-corrected chi connectivity index (χ2v) is 5.13. The Morgan fingerprint density at radius 1 is 1.50 bits per heavy atom. The van der Waals surface area contributed by atoms with Crippen molar-refractivity contribution >= 4 is 0 Å². The lowest BCUT2D eigenvalue weighted by Gasteiger charge is -2.29. The van der Waals surface area contributed by atoms with Gasteiger partial charge in [0.15, 0.2) is 0 Å². The third kappa shape index (κ3) is 2.26. The molecule has 1 aliphatic heterocycles. The van der Waals surface area contributed by atoms with Crippen molar-refractivity contribution in [3.05, 3.63) is 12.3 Å². The average molecular weight is 167 g/mol. The number of hydrogen-bond acceptors (Lipinski definition) is 1.